The molecule has 3 rings (SSSR count). The number of nitrogens with one attached hydrogen (secondary N) is 2. The van der Waals surface area contributed by atoms with Gasteiger partial charge in [0.15, 0.2) is 5.11 Å². The number of nitrogens with zero attached hydrogens (tertiary/aromatic N) is 1. The van der Waals surface area contributed by atoms with E-state index >= 15 is 0 Å². The van der Waals surface area contributed by atoms with Crippen LogP contribution in [0.25, 0.3) is 10.8 Å². The van der Waals surface area contributed by atoms with Crippen molar-refractivity contribution >= 4 is 78.3 Å². The molecule has 2 N–H and O–H groups in total. The number of thiocarbonyl (C=S) groups is 1. The smallest absolute Gasteiger partial charge is 0.261 e. The molecule has 0 aliphatic rings. The highest BCUT2D eigenvalue weighted by Crippen LogP contribution is 2.36. The van der Waals surface area contributed by atoms with Crippen molar-refractivity contribution in [3.8, 4) is 5.75 Å². The van der Waals surface area contributed by atoms with Gasteiger partial charge >= 0.3 is 0 Å². The van der Waals surface area contributed by atoms with Crippen LogP contribution in [-0.4, -0.2) is 23.1 Å². The van der Waals surface area contributed by atoms with Crippen LogP contribution in [0.2, 0.25) is 0 Å². The standard InChI is InChI=1S/C18H13BrIN3O2S/c1-25-16-13(8-10-4-2-3-5-12(10)15(16)19)17(24)23-18(26)22-14-7-6-11(20)9-21-14/h2-9H,1H3,(H2,21,22,23,24,26). The fourth-order valence-corrected chi connectivity index (χ4v) is 3.67. The number of carbonyl (C=O) groups excluding carboxylic acids is 1. The summed E-state index contributed by atoms with van der Waals surface area (Å²) < 4.78 is 7.17. The Morgan fingerprint density at radius 2 is 2.04 bits per heavy atom. The summed E-state index contributed by atoms with van der Waals surface area (Å²) in [4.78, 5) is 16.9. The second kappa shape index (κ2) is 8.28. The molecule has 8 heteroatoms. The molecular formula is C18H13BrIN3O2S. The maximum Gasteiger partial charge on any atom is 0.261 e. The van der Waals surface area contributed by atoms with Gasteiger partial charge in [0.2, 0.25) is 0 Å². The summed E-state index contributed by atoms with van der Waals surface area (Å²) in [5.41, 5.74) is 0.387. The molecule has 1 heterocycles. The van der Waals surface area contributed by atoms with E-state index in [1.165, 1.54) is 7.11 Å². The molecular weight excluding hydrogens is 529 g/mol. The van der Waals surface area contributed by atoms with Crippen molar-refractivity contribution < 1.29 is 9.53 Å². The van der Waals surface area contributed by atoms with Crippen molar-refractivity contribution in [1.82, 2.24) is 10.3 Å². The molecule has 0 spiro atoms. The molecule has 26 heavy (non-hydrogen) atoms. The average Bonchev–Trinajstić information content (AvgIpc) is 2.63. The van der Waals surface area contributed by atoms with Gasteiger partial charge in [-0.3, -0.25) is 10.1 Å². The lowest BCUT2D eigenvalue weighted by Crippen LogP contribution is -2.34. The maximum absolute atomic E-state index is 12.7. The van der Waals surface area contributed by atoms with E-state index in [2.05, 4.69) is 54.1 Å². The first-order valence-electron chi connectivity index (χ1n) is 7.48. The van der Waals surface area contributed by atoms with Crippen LogP contribution in [0.1, 0.15) is 10.4 Å². The lowest BCUT2D eigenvalue weighted by Gasteiger charge is -2.14. The molecule has 0 saturated carbocycles. The Morgan fingerprint density at radius 1 is 1.27 bits per heavy atom. The summed E-state index contributed by atoms with van der Waals surface area (Å²) in [6, 6.07) is 13.2. The van der Waals surface area contributed by atoms with E-state index in [1.807, 2.05) is 30.3 Å². The van der Waals surface area contributed by atoms with Crippen molar-refractivity contribution in [3.05, 3.63) is 62.3 Å². The number of methoxy groups -OCH3 is 1. The van der Waals surface area contributed by atoms with Crippen molar-refractivity contribution in [1.29, 1.82) is 0 Å². The predicted molar refractivity (Wildman–Crippen MR) is 119 cm³/mol. The average molecular weight is 542 g/mol. The molecule has 0 fully saturated rings. The minimum absolute atomic E-state index is 0.162. The van der Waals surface area contributed by atoms with E-state index in [-0.39, 0.29) is 11.0 Å². The largest absolute Gasteiger partial charge is 0.495 e. The fourth-order valence-electron chi connectivity index (χ4n) is 2.42. The van der Waals surface area contributed by atoms with Crippen LogP contribution in [0, 0.1) is 3.57 Å². The van der Waals surface area contributed by atoms with Crippen LogP contribution in [0.15, 0.2) is 53.1 Å². The number of anilines is 1. The van der Waals surface area contributed by atoms with Crippen LogP contribution in [0.4, 0.5) is 5.82 Å². The van der Waals surface area contributed by atoms with Crippen molar-refractivity contribution in [2.45, 2.75) is 0 Å². The number of aromatic nitrogens is 1. The molecule has 3 aromatic rings. The zero-order valence-electron chi connectivity index (χ0n) is 13.5. The van der Waals surface area contributed by atoms with E-state index in [0.717, 1.165) is 18.8 Å². The summed E-state index contributed by atoms with van der Waals surface area (Å²) >= 11 is 10.9. The van der Waals surface area contributed by atoms with Crippen molar-refractivity contribution in [2.75, 3.05) is 12.4 Å². The zero-order valence-corrected chi connectivity index (χ0v) is 18.1. The van der Waals surface area contributed by atoms with Crippen LogP contribution >= 0.6 is 50.7 Å². The van der Waals surface area contributed by atoms with Gasteiger partial charge < -0.3 is 10.1 Å². The summed E-state index contributed by atoms with van der Waals surface area (Å²) in [5.74, 6) is 0.648. The number of fused-ring (bicyclic) bond motifs is 1. The third-order valence-electron chi connectivity index (χ3n) is 3.59. The molecule has 1 amide bonds. The Labute approximate surface area is 177 Å². The molecule has 0 aliphatic carbocycles. The third kappa shape index (κ3) is 4.13. The molecule has 0 radical (unpaired) electrons. The van der Waals surface area contributed by atoms with Gasteiger partial charge in [0.05, 0.1) is 17.1 Å². The number of amides is 1. The molecule has 0 saturated heterocycles. The number of hydrogen-bond acceptors (Lipinski definition) is 4. The van der Waals surface area contributed by atoms with Crippen LogP contribution < -0.4 is 15.4 Å². The number of halogens is 2. The van der Waals surface area contributed by atoms with Gasteiger partial charge in [0.1, 0.15) is 11.6 Å². The predicted octanol–water partition coefficient (Wildman–Crippen LogP) is 4.74. The van der Waals surface area contributed by atoms with E-state index in [4.69, 9.17) is 17.0 Å². The minimum Gasteiger partial charge on any atom is -0.495 e. The summed E-state index contributed by atoms with van der Waals surface area (Å²) in [6.07, 6.45) is 1.71. The van der Waals surface area contributed by atoms with Gasteiger partial charge in [-0.1, -0.05) is 24.3 Å². The number of pyridine rings is 1. The normalized spacial score (nSPS) is 10.4. The third-order valence-corrected chi connectivity index (χ3v) is 5.22. The molecule has 0 bridgehead atoms. The summed E-state index contributed by atoms with van der Waals surface area (Å²) in [5, 5.41) is 7.60. The molecule has 132 valence electrons. The maximum atomic E-state index is 12.7. The van der Waals surface area contributed by atoms with E-state index in [9.17, 15) is 4.79 Å². The molecule has 2 aromatic carbocycles. The van der Waals surface area contributed by atoms with E-state index < -0.39 is 0 Å². The van der Waals surface area contributed by atoms with E-state index in [0.29, 0.717) is 17.1 Å². The van der Waals surface area contributed by atoms with Gasteiger partial charge in [-0.25, -0.2) is 4.98 Å². The number of rotatable bonds is 3. The molecule has 1 aromatic heterocycles. The fraction of sp³-hybridized carbons (Fsp3) is 0.0556. The first-order valence-corrected chi connectivity index (χ1v) is 9.76. The number of benzene rings is 2. The zero-order chi connectivity index (χ0) is 18.7. The number of carbonyl (C=O) groups is 1. The number of ether oxygens (including phenoxy) is 1. The summed E-state index contributed by atoms with van der Waals surface area (Å²) in [6.45, 7) is 0. The highest BCUT2D eigenvalue weighted by molar-refractivity contribution is 14.1. The summed E-state index contributed by atoms with van der Waals surface area (Å²) in [7, 11) is 1.53. The molecule has 0 unspecified atom stereocenters. The monoisotopic (exact) mass is 541 g/mol. The van der Waals surface area contributed by atoms with E-state index in [1.54, 1.807) is 18.3 Å². The Bertz CT molecular complexity index is 996. The Hall–Kier alpha value is -1.78. The Balaban J connectivity index is 1.85. The molecule has 5 nitrogen and oxygen atoms in total. The first kappa shape index (κ1) is 19.0. The van der Waals surface area contributed by atoms with Crippen LogP contribution in [0.5, 0.6) is 5.75 Å². The van der Waals surface area contributed by atoms with Crippen LogP contribution in [-0.2, 0) is 0 Å². The van der Waals surface area contributed by atoms with Crippen molar-refractivity contribution in [3.63, 3.8) is 0 Å². The first-order chi connectivity index (χ1) is 12.5. The second-order valence-electron chi connectivity index (χ2n) is 5.26. The van der Waals surface area contributed by atoms with Gasteiger partial charge in [-0.15, -0.1) is 0 Å². The Morgan fingerprint density at radius 3 is 2.73 bits per heavy atom. The molecule has 0 aliphatic heterocycles. The lowest BCUT2D eigenvalue weighted by atomic mass is 10.1. The second-order valence-corrected chi connectivity index (χ2v) is 7.71. The lowest BCUT2D eigenvalue weighted by molar-refractivity contribution is 0.0975. The minimum atomic E-state index is -0.365. The highest BCUT2D eigenvalue weighted by atomic mass is 127. The topological polar surface area (TPSA) is 63.2 Å². The SMILES string of the molecule is COc1c(C(=O)NC(=S)Nc2ccc(I)cn2)cc2ccccc2c1Br. The van der Waals surface area contributed by atoms with Gasteiger partial charge in [0, 0.05) is 9.77 Å². The van der Waals surface area contributed by atoms with Gasteiger partial charge in [-0.2, -0.15) is 0 Å². The highest BCUT2D eigenvalue weighted by Gasteiger charge is 2.19. The van der Waals surface area contributed by atoms with Gasteiger partial charge in [-0.05, 0) is 79.7 Å². The number of hydrogen-bond donors (Lipinski definition) is 2. The quantitative estimate of drug-likeness (QED) is 0.370. The molecule has 0 atom stereocenters. The van der Waals surface area contributed by atoms with Gasteiger partial charge in [0.25, 0.3) is 5.91 Å². The Kier molecular flexibility index (Phi) is 6.05. The van der Waals surface area contributed by atoms with Crippen LogP contribution in [0.3, 0.4) is 0 Å². The van der Waals surface area contributed by atoms with Crippen molar-refractivity contribution in [2.24, 2.45) is 0 Å².